The fraction of sp³-hybridized carbons (Fsp3) is 0.100. The summed E-state index contributed by atoms with van der Waals surface area (Å²) in [5.74, 6) is 0.0609. The standard InChI is InChI=1S/C10H9BrN4O2/c11-8-4-2-1-3-7(8)6-14-10(12)9(5-13-14)15(16)17/h1-5H,6,12H2. The fourth-order valence-electron chi connectivity index (χ4n) is 1.44. The van der Waals surface area contributed by atoms with Crippen LogP contribution in [0.2, 0.25) is 0 Å². The van der Waals surface area contributed by atoms with Gasteiger partial charge in [-0.05, 0) is 11.6 Å². The summed E-state index contributed by atoms with van der Waals surface area (Å²) in [6.07, 6.45) is 1.16. The third-order valence-corrected chi connectivity index (χ3v) is 3.11. The highest BCUT2D eigenvalue weighted by Gasteiger charge is 2.17. The van der Waals surface area contributed by atoms with Gasteiger partial charge in [0.2, 0.25) is 5.82 Å². The maximum absolute atomic E-state index is 10.6. The Labute approximate surface area is 105 Å². The minimum absolute atomic E-state index is 0.0609. The molecular weight excluding hydrogens is 288 g/mol. The molecule has 0 bridgehead atoms. The summed E-state index contributed by atoms with van der Waals surface area (Å²) in [7, 11) is 0. The first-order chi connectivity index (χ1) is 8.09. The van der Waals surface area contributed by atoms with Gasteiger partial charge in [0, 0.05) is 4.47 Å². The van der Waals surface area contributed by atoms with E-state index in [4.69, 9.17) is 5.73 Å². The zero-order valence-corrected chi connectivity index (χ0v) is 10.3. The van der Waals surface area contributed by atoms with Crippen LogP contribution in [0.4, 0.5) is 11.5 Å². The Bertz CT molecular complexity index is 567. The van der Waals surface area contributed by atoms with Crippen LogP contribution in [0, 0.1) is 10.1 Å². The number of rotatable bonds is 3. The van der Waals surface area contributed by atoms with Crippen molar-refractivity contribution in [2.24, 2.45) is 0 Å². The first-order valence-electron chi connectivity index (χ1n) is 4.78. The number of hydrogen-bond acceptors (Lipinski definition) is 4. The number of hydrogen-bond donors (Lipinski definition) is 1. The van der Waals surface area contributed by atoms with Crippen LogP contribution in [-0.4, -0.2) is 14.7 Å². The molecule has 0 amide bonds. The molecule has 2 rings (SSSR count). The van der Waals surface area contributed by atoms with Crippen molar-refractivity contribution in [1.82, 2.24) is 9.78 Å². The highest BCUT2D eigenvalue weighted by molar-refractivity contribution is 9.10. The van der Waals surface area contributed by atoms with E-state index in [9.17, 15) is 10.1 Å². The van der Waals surface area contributed by atoms with Gasteiger partial charge in [-0.1, -0.05) is 34.1 Å². The highest BCUT2D eigenvalue weighted by atomic mass is 79.9. The van der Waals surface area contributed by atoms with Gasteiger partial charge in [0.25, 0.3) is 0 Å². The summed E-state index contributed by atoms with van der Waals surface area (Å²) < 4.78 is 2.32. The molecule has 1 heterocycles. The predicted octanol–water partition coefficient (Wildman–Crippen LogP) is 2.18. The van der Waals surface area contributed by atoms with Crippen LogP contribution in [0.25, 0.3) is 0 Å². The first-order valence-corrected chi connectivity index (χ1v) is 5.58. The minimum atomic E-state index is -0.543. The predicted molar refractivity (Wildman–Crippen MR) is 66.5 cm³/mol. The second-order valence-electron chi connectivity index (χ2n) is 3.42. The quantitative estimate of drug-likeness (QED) is 0.695. The van der Waals surface area contributed by atoms with Gasteiger partial charge in [-0.2, -0.15) is 5.10 Å². The Morgan fingerprint density at radius 3 is 2.76 bits per heavy atom. The third-order valence-electron chi connectivity index (χ3n) is 2.33. The lowest BCUT2D eigenvalue weighted by Gasteiger charge is -2.05. The summed E-state index contributed by atoms with van der Waals surface area (Å²) in [5.41, 5.74) is 6.43. The van der Waals surface area contributed by atoms with Gasteiger partial charge in [0.05, 0.1) is 11.5 Å². The second-order valence-corrected chi connectivity index (χ2v) is 4.28. The summed E-state index contributed by atoms with van der Waals surface area (Å²) in [5, 5.41) is 14.5. The lowest BCUT2D eigenvalue weighted by molar-refractivity contribution is -0.384. The molecule has 0 atom stereocenters. The van der Waals surface area contributed by atoms with Crippen molar-refractivity contribution >= 4 is 27.4 Å². The van der Waals surface area contributed by atoms with Crippen LogP contribution < -0.4 is 5.73 Å². The van der Waals surface area contributed by atoms with E-state index in [1.807, 2.05) is 24.3 Å². The minimum Gasteiger partial charge on any atom is -0.378 e. The van der Waals surface area contributed by atoms with Gasteiger partial charge in [0.1, 0.15) is 6.20 Å². The normalized spacial score (nSPS) is 10.4. The number of nitrogens with two attached hydrogens (primary N) is 1. The molecule has 2 N–H and O–H groups in total. The maximum atomic E-state index is 10.6. The van der Waals surface area contributed by atoms with Gasteiger partial charge in [0.15, 0.2) is 0 Å². The van der Waals surface area contributed by atoms with E-state index in [0.29, 0.717) is 6.54 Å². The van der Waals surface area contributed by atoms with E-state index < -0.39 is 4.92 Å². The van der Waals surface area contributed by atoms with Gasteiger partial charge in [-0.15, -0.1) is 0 Å². The number of nitrogen functional groups attached to an aromatic ring is 1. The first kappa shape index (κ1) is 11.6. The Hall–Kier alpha value is -1.89. The second kappa shape index (κ2) is 4.54. The summed E-state index contributed by atoms with van der Waals surface area (Å²) in [6, 6.07) is 7.57. The molecule has 0 aliphatic carbocycles. The molecule has 0 fully saturated rings. The number of nitrogens with zero attached hydrogens (tertiary/aromatic N) is 3. The van der Waals surface area contributed by atoms with Crippen molar-refractivity contribution in [3.05, 3.63) is 50.6 Å². The van der Waals surface area contributed by atoms with Crippen molar-refractivity contribution < 1.29 is 4.92 Å². The average Bonchev–Trinajstić information content (AvgIpc) is 2.64. The topological polar surface area (TPSA) is 87.0 Å². The number of benzene rings is 1. The molecule has 2 aromatic rings. The Balaban J connectivity index is 2.31. The molecule has 0 unspecified atom stereocenters. The molecule has 0 aliphatic rings. The van der Waals surface area contributed by atoms with Gasteiger partial charge >= 0.3 is 5.69 Å². The zero-order chi connectivity index (χ0) is 12.4. The maximum Gasteiger partial charge on any atom is 0.330 e. The zero-order valence-electron chi connectivity index (χ0n) is 8.71. The van der Waals surface area contributed by atoms with Crippen molar-refractivity contribution in [3.8, 4) is 0 Å². The summed E-state index contributed by atoms with van der Waals surface area (Å²) in [4.78, 5) is 10.1. The molecule has 1 aromatic carbocycles. The van der Waals surface area contributed by atoms with Gasteiger partial charge < -0.3 is 5.73 Å². The molecule has 0 spiro atoms. The van der Waals surface area contributed by atoms with Crippen LogP contribution in [-0.2, 0) is 6.54 Å². The smallest absolute Gasteiger partial charge is 0.330 e. The van der Waals surface area contributed by atoms with Crippen LogP contribution in [0.5, 0.6) is 0 Å². The Morgan fingerprint density at radius 1 is 1.47 bits per heavy atom. The highest BCUT2D eigenvalue weighted by Crippen LogP contribution is 2.23. The van der Waals surface area contributed by atoms with Crippen molar-refractivity contribution in [3.63, 3.8) is 0 Å². The number of nitro groups is 1. The van der Waals surface area contributed by atoms with E-state index in [-0.39, 0.29) is 11.5 Å². The Morgan fingerprint density at radius 2 is 2.18 bits per heavy atom. The largest absolute Gasteiger partial charge is 0.378 e. The third kappa shape index (κ3) is 2.28. The molecule has 0 saturated heterocycles. The van der Waals surface area contributed by atoms with Gasteiger partial charge in [-0.3, -0.25) is 10.1 Å². The van der Waals surface area contributed by atoms with Crippen LogP contribution in [0.3, 0.4) is 0 Å². The van der Waals surface area contributed by atoms with E-state index >= 15 is 0 Å². The Kier molecular flexibility index (Phi) is 3.10. The molecule has 1 aromatic heterocycles. The molecule has 17 heavy (non-hydrogen) atoms. The summed E-state index contributed by atoms with van der Waals surface area (Å²) in [6.45, 7) is 0.390. The molecule has 0 saturated carbocycles. The molecule has 6 nitrogen and oxygen atoms in total. The van der Waals surface area contributed by atoms with Crippen molar-refractivity contribution in [2.75, 3.05) is 5.73 Å². The fourth-order valence-corrected chi connectivity index (χ4v) is 1.85. The summed E-state index contributed by atoms with van der Waals surface area (Å²) >= 11 is 3.40. The number of aromatic nitrogens is 2. The SMILES string of the molecule is Nc1c([N+](=O)[O-])cnn1Cc1ccccc1Br. The average molecular weight is 297 g/mol. The van der Waals surface area contributed by atoms with E-state index in [2.05, 4.69) is 21.0 Å². The lowest BCUT2D eigenvalue weighted by Crippen LogP contribution is -2.07. The van der Waals surface area contributed by atoms with Crippen LogP contribution in [0.15, 0.2) is 34.9 Å². The van der Waals surface area contributed by atoms with E-state index in [1.54, 1.807) is 0 Å². The lowest BCUT2D eigenvalue weighted by atomic mass is 10.2. The van der Waals surface area contributed by atoms with E-state index in [0.717, 1.165) is 16.2 Å². The number of halogens is 1. The monoisotopic (exact) mass is 296 g/mol. The molecule has 7 heteroatoms. The van der Waals surface area contributed by atoms with E-state index in [1.165, 1.54) is 4.68 Å². The van der Waals surface area contributed by atoms with Crippen molar-refractivity contribution in [2.45, 2.75) is 6.54 Å². The molecule has 0 aliphatic heterocycles. The molecule has 0 radical (unpaired) electrons. The van der Waals surface area contributed by atoms with Crippen molar-refractivity contribution in [1.29, 1.82) is 0 Å². The number of anilines is 1. The van der Waals surface area contributed by atoms with Crippen LogP contribution >= 0.6 is 15.9 Å². The molecular formula is C10H9BrN4O2. The molecule has 88 valence electrons. The van der Waals surface area contributed by atoms with Crippen LogP contribution in [0.1, 0.15) is 5.56 Å². The van der Waals surface area contributed by atoms with Gasteiger partial charge in [-0.25, -0.2) is 4.68 Å².